The Hall–Kier alpha value is -0.650. The van der Waals surface area contributed by atoms with Crippen LogP contribution in [0, 0.1) is 0 Å². The third-order valence-corrected chi connectivity index (χ3v) is 2.76. The third-order valence-electron chi connectivity index (χ3n) is 2.76. The summed E-state index contributed by atoms with van der Waals surface area (Å²) >= 11 is 0. The fourth-order valence-corrected chi connectivity index (χ4v) is 1.81. The van der Waals surface area contributed by atoms with Crippen LogP contribution >= 0.6 is 0 Å². The Morgan fingerprint density at radius 2 is 2.14 bits per heavy atom. The molecule has 2 aliphatic rings. The second kappa shape index (κ2) is 3.84. The van der Waals surface area contributed by atoms with E-state index in [1.165, 1.54) is 0 Å². The predicted octanol–water partition coefficient (Wildman–Crippen LogP) is -1.30. The molecule has 3 N–H and O–H groups in total. The molecule has 5 nitrogen and oxygen atoms in total. The molecule has 5 heteroatoms. The molecule has 0 aromatic heterocycles. The molecule has 0 spiro atoms. The molecule has 0 aliphatic carbocycles. The predicted molar refractivity (Wildman–Crippen MR) is 49.5 cm³/mol. The van der Waals surface area contributed by atoms with Crippen LogP contribution < -0.4 is 5.73 Å². The number of carbonyl (C=O) groups excluding carboxylic acids is 1. The molecule has 2 rings (SSSR count). The summed E-state index contributed by atoms with van der Waals surface area (Å²) in [5.41, 5.74) is 5.65. The van der Waals surface area contributed by atoms with Gasteiger partial charge < -0.3 is 20.5 Å². The summed E-state index contributed by atoms with van der Waals surface area (Å²) < 4.78 is 5.35. The van der Waals surface area contributed by atoms with Gasteiger partial charge in [0.1, 0.15) is 6.10 Å². The van der Waals surface area contributed by atoms with Gasteiger partial charge in [-0.25, -0.2) is 0 Å². The zero-order valence-corrected chi connectivity index (χ0v) is 8.06. The smallest absolute Gasteiger partial charge is 0.251 e. The molecule has 2 atom stereocenters. The molecule has 80 valence electrons. The summed E-state index contributed by atoms with van der Waals surface area (Å²) in [6, 6.07) is 0.0704. The molecule has 14 heavy (non-hydrogen) atoms. The van der Waals surface area contributed by atoms with Gasteiger partial charge in [0.05, 0.1) is 12.7 Å². The van der Waals surface area contributed by atoms with Crippen LogP contribution in [0.2, 0.25) is 0 Å². The maximum atomic E-state index is 11.7. The Morgan fingerprint density at radius 1 is 1.43 bits per heavy atom. The highest BCUT2D eigenvalue weighted by Crippen LogP contribution is 2.17. The number of hydrogen-bond donors (Lipinski definition) is 2. The van der Waals surface area contributed by atoms with Crippen molar-refractivity contribution < 1.29 is 14.6 Å². The van der Waals surface area contributed by atoms with Crippen LogP contribution in [0.25, 0.3) is 0 Å². The molecule has 2 saturated heterocycles. The van der Waals surface area contributed by atoms with Gasteiger partial charge in [-0.05, 0) is 12.8 Å². The monoisotopic (exact) mass is 200 g/mol. The molecule has 0 aromatic carbocycles. The minimum absolute atomic E-state index is 0.00204. The second-order valence-electron chi connectivity index (χ2n) is 4.06. The van der Waals surface area contributed by atoms with Crippen LogP contribution in [-0.4, -0.2) is 53.9 Å². The van der Waals surface area contributed by atoms with E-state index < -0.39 is 0 Å². The largest absolute Gasteiger partial charge is 0.389 e. The van der Waals surface area contributed by atoms with Crippen LogP contribution in [0.3, 0.4) is 0 Å². The Labute approximate surface area is 82.8 Å². The number of β-amino-alcohol motifs (C(OH)–C–C–N with tert-alkyl or cyclic N) is 1. The van der Waals surface area contributed by atoms with Crippen molar-refractivity contribution in [3.8, 4) is 0 Å². The van der Waals surface area contributed by atoms with Crippen molar-refractivity contribution in [2.75, 3.05) is 19.7 Å². The highest BCUT2D eigenvalue weighted by Gasteiger charge is 2.35. The summed E-state index contributed by atoms with van der Waals surface area (Å²) in [6.45, 7) is 1.36. The van der Waals surface area contributed by atoms with Crippen molar-refractivity contribution in [1.29, 1.82) is 0 Å². The normalized spacial score (nSPS) is 34.0. The first-order chi connectivity index (χ1) is 6.66. The van der Waals surface area contributed by atoms with Gasteiger partial charge in [0.15, 0.2) is 0 Å². The van der Waals surface area contributed by atoms with Gasteiger partial charge in [0.2, 0.25) is 0 Å². The van der Waals surface area contributed by atoms with Gasteiger partial charge in [-0.2, -0.15) is 0 Å². The molecule has 2 fully saturated rings. The number of nitrogens with two attached hydrogens (primary N) is 1. The maximum absolute atomic E-state index is 11.7. The molecule has 2 heterocycles. The number of aliphatic hydroxyl groups is 1. The van der Waals surface area contributed by atoms with E-state index in [4.69, 9.17) is 15.6 Å². The topological polar surface area (TPSA) is 75.8 Å². The van der Waals surface area contributed by atoms with Crippen LogP contribution in [-0.2, 0) is 9.53 Å². The average molecular weight is 200 g/mol. The molecule has 0 radical (unpaired) electrons. The SMILES string of the molecule is N[C@@H]1CC[C@@H](C(=O)N2CC(O)C2)OC1. The fraction of sp³-hybridized carbons (Fsp3) is 0.889. The van der Waals surface area contributed by atoms with Gasteiger partial charge in [0.25, 0.3) is 5.91 Å². The van der Waals surface area contributed by atoms with E-state index in [9.17, 15) is 4.79 Å². The van der Waals surface area contributed by atoms with E-state index in [1.54, 1.807) is 4.90 Å². The number of amides is 1. The van der Waals surface area contributed by atoms with Gasteiger partial charge in [0, 0.05) is 19.1 Å². The summed E-state index contributed by atoms with van der Waals surface area (Å²) in [5.74, 6) is 0.00204. The van der Waals surface area contributed by atoms with Crippen molar-refractivity contribution in [1.82, 2.24) is 4.90 Å². The minimum atomic E-state index is -0.343. The highest BCUT2D eigenvalue weighted by atomic mass is 16.5. The fourth-order valence-electron chi connectivity index (χ4n) is 1.81. The summed E-state index contributed by atoms with van der Waals surface area (Å²) in [7, 11) is 0. The van der Waals surface area contributed by atoms with Gasteiger partial charge in [-0.1, -0.05) is 0 Å². The van der Waals surface area contributed by atoms with Crippen LogP contribution in [0.5, 0.6) is 0 Å². The number of rotatable bonds is 1. The number of carbonyl (C=O) groups is 1. The standard InChI is InChI=1S/C9H16N2O3/c10-6-1-2-8(14-5-6)9(13)11-3-7(12)4-11/h6-8,12H,1-5,10H2/t6-,8+/m1/s1. The molecule has 0 saturated carbocycles. The van der Waals surface area contributed by atoms with E-state index in [2.05, 4.69) is 0 Å². The van der Waals surface area contributed by atoms with Crippen molar-refractivity contribution in [3.63, 3.8) is 0 Å². The van der Waals surface area contributed by atoms with E-state index in [0.717, 1.165) is 6.42 Å². The Bertz CT molecular complexity index is 220. The lowest BCUT2D eigenvalue weighted by atomic mass is 10.0. The number of aliphatic hydroxyl groups excluding tert-OH is 1. The minimum Gasteiger partial charge on any atom is -0.389 e. The zero-order chi connectivity index (χ0) is 10.1. The van der Waals surface area contributed by atoms with Crippen molar-refractivity contribution in [3.05, 3.63) is 0 Å². The third kappa shape index (κ3) is 1.89. The molecule has 0 aromatic rings. The average Bonchev–Trinajstić information content (AvgIpc) is 2.13. The molecule has 0 unspecified atom stereocenters. The van der Waals surface area contributed by atoms with Gasteiger partial charge in [-0.3, -0.25) is 4.79 Å². The van der Waals surface area contributed by atoms with Crippen molar-refractivity contribution in [2.45, 2.75) is 31.1 Å². The van der Waals surface area contributed by atoms with Crippen molar-refractivity contribution >= 4 is 5.91 Å². The quantitative estimate of drug-likeness (QED) is 0.551. The molecule has 1 amide bonds. The van der Waals surface area contributed by atoms with Gasteiger partial charge in [-0.15, -0.1) is 0 Å². The summed E-state index contributed by atoms with van der Waals surface area (Å²) in [4.78, 5) is 13.3. The van der Waals surface area contributed by atoms with E-state index in [0.29, 0.717) is 26.1 Å². The van der Waals surface area contributed by atoms with Crippen LogP contribution in [0.1, 0.15) is 12.8 Å². The lowest BCUT2D eigenvalue weighted by molar-refractivity contribution is -0.157. The lowest BCUT2D eigenvalue weighted by Gasteiger charge is -2.39. The first-order valence-electron chi connectivity index (χ1n) is 5.01. The molecular formula is C9H16N2O3. The van der Waals surface area contributed by atoms with E-state index in [1.807, 2.05) is 0 Å². The number of nitrogens with zero attached hydrogens (tertiary/aromatic N) is 1. The number of likely N-dealkylation sites (tertiary alicyclic amines) is 1. The Balaban J connectivity index is 1.81. The van der Waals surface area contributed by atoms with Crippen LogP contribution in [0.4, 0.5) is 0 Å². The summed E-state index contributed by atoms with van der Waals surface area (Å²) in [5, 5.41) is 9.05. The van der Waals surface area contributed by atoms with Crippen LogP contribution in [0.15, 0.2) is 0 Å². The van der Waals surface area contributed by atoms with Gasteiger partial charge >= 0.3 is 0 Å². The zero-order valence-electron chi connectivity index (χ0n) is 8.06. The Kier molecular flexibility index (Phi) is 2.71. The first kappa shape index (κ1) is 9.89. The molecule has 2 aliphatic heterocycles. The number of hydrogen-bond acceptors (Lipinski definition) is 4. The van der Waals surface area contributed by atoms with E-state index >= 15 is 0 Å². The Morgan fingerprint density at radius 3 is 2.64 bits per heavy atom. The molecule has 0 bridgehead atoms. The molecular weight excluding hydrogens is 184 g/mol. The van der Waals surface area contributed by atoms with Crippen molar-refractivity contribution in [2.24, 2.45) is 5.73 Å². The maximum Gasteiger partial charge on any atom is 0.251 e. The first-order valence-corrected chi connectivity index (χ1v) is 5.01. The second-order valence-corrected chi connectivity index (χ2v) is 4.06. The number of ether oxygens (including phenoxy) is 1. The lowest BCUT2D eigenvalue weighted by Crippen LogP contribution is -2.57. The summed E-state index contributed by atoms with van der Waals surface area (Å²) in [6.07, 6.45) is 0.867. The highest BCUT2D eigenvalue weighted by molar-refractivity contribution is 5.81. The van der Waals surface area contributed by atoms with E-state index in [-0.39, 0.29) is 24.2 Å².